The molecule has 0 spiro atoms. The summed E-state index contributed by atoms with van der Waals surface area (Å²) in [4.78, 5) is 34.7. The van der Waals surface area contributed by atoms with Gasteiger partial charge in [0.1, 0.15) is 6.61 Å². The fourth-order valence-electron chi connectivity index (χ4n) is 1.90. The maximum absolute atomic E-state index is 11.7. The molecule has 1 aliphatic heterocycles. The number of hydrogen-bond acceptors (Lipinski definition) is 5. The lowest BCUT2D eigenvalue weighted by Crippen LogP contribution is -2.47. The summed E-state index contributed by atoms with van der Waals surface area (Å²) in [6.45, 7) is -0.212. The van der Waals surface area contributed by atoms with Crippen LogP contribution in [0.15, 0.2) is 30.3 Å². The van der Waals surface area contributed by atoms with Crippen LogP contribution >= 0.6 is 0 Å². The summed E-state index contributed by atoms with van der Waals surface area (Å²) in [5, 5.41) is 10.8. The summed E-state index contributed by atoms with van der Waals surface area (Å²) in [5.41, 5.74) is 0.784. The van der Waals surface area contributed by atoms with E-state index in [-0.39, 0.29) is 25.4 Å². The van der Waals surface area contributed by atoms with Gasteiger partial charge in [0, 0.05) is 6.42 Å². The Morgan fingerprint density at radius 1 is 1.32 bits per heavy atom. The molecule has 1 amide bonds. The summed E-state index contributed by atoms with van der Waals surface area (Å²) in [5.74, 6) is -1.76. The van der Waals surface area contributed by atoms with E-state index in [0.717, 1.165) is 10.5 Å². The average molecular weight is 262 g/mol. The highest BCUT2D eigenvalue weighted by Gasteiger charge is 2.35. The minimum Gasteiger partial charge on any atom is -0.548 e. The number of carboxylic acid groups (broad SMARTS) is 1. The van der Waals surface area contributed by atoms with E-state index in [0.29, 0.717) is 0 Å². The second kappa shape index (κ2) is 5.51. The zero-order chi connectivity index (χ0) is 13.8. The van der Waals surface area contributed by atoms with Crippen molar-refractivity contribution in [3.8, 4) is 0 Å². The zero-order valence-corrected chi connectivity index (χ0v) is 10.1. The second-order valence-corrected chi connectivity index (χ2v) is 4.25. The predicted octanol–water partition coefficient (Wildman–Crippen LogP) is -0.283. The quantitative estimate of drug-likeness (QED) is 0.747. The smallest absolute Gasteiger partial charge is 0.411 e. The monoisotopic (exact) mass is 262 g/mol. The van der Waals surface area contributed by atoms with E-state index in [9.17, 15) is 19.5 Å². The van der Waals surface area contributed by atoms with Gasteiger partial charge in [-0.2, -0.15) is 0 Å². The van der Waals surface area contributed by atoms with Crippen LogP contribution < -0.4 is 5.11 Å². The molecule has 1 atom stereocenters. The number of benzene rings is 1. The molecule has 0 aliphatic carbocycles. The highest BCUT2D eigenvalue weighted by Crippen LogP contribution is 2.16. The van der Waals surface area contributed by atoms with E-state index in [4.69, 9.17) is 4.74 Å². The minimum absolute atomic E-state index is 0.0319. The molecule has 0 radical (unpaired) electrons. The van der Waals surface area contributed by atoms with E-state index in [2.05, 4.69) is 0 Å². The standard InChI is InChI=1S/C13H13NO5/c15-10-6-11(12(16)17)14(7-10)13(18)19-8-9-4-2-1-3-5-9/h1-5,11H,6-8H2,(H,16,17)/p-1/t11-/m1/s1. The van der Waals surface area contributed by atoms with Crippen LogP contribution in [0.3, 0.4) is 0 Å². The predicted molar refractivity (Wildman–Crippen MR) is 61.8 cm³/mol. The van der Waals surface area contributed by atoms with Crippen molar-refractivity contribution in [2.24, 2.45) is 0 Å². The first-order chi connectivity index (χ1) is 9.08. The number of nitrogens with zero attached hydrogens (tertiary/aromatic N) is 1. The summed E-state index contributed by atoms with van der Waals surface area (Å²) in [6.07, 6.45) is -1.04. The molecule has 1 fully saturated rings. The first-order valence-corrected chi connectivity index (χ1v) is 5.78. The van der Waals surface area contributed by atoms with Crippen molar-refractivity contribution in [1.82, 2.24) is 4.90 Å². The normalized spacial score (nSPS) is 18.4. The number of rotatable bonds is 3. The van der Waals surface area contributed by atoms with Crippen LogP contribution in [0.1, 0.15) is 12.0 Å². The van der Waals surface area contributed by atoms with Crippen molar-refractivity contribution in [3.05, 3.63) is 35.9 Å². The summed E-state index contributed by atoms with van der Waals surface area (Å²) in [7, 11) is 0. The van der Waals surface area contributed by atoms with Crippen molar-refractivity contribution in [1.29, 1.82) is 0 Å². The molecule has 0 aromatic heterocycles. The Bertz CT molecular complexity index is 499. The molecule has 0 N–H and O–H groups in total. The molecule has 2 rings (SSSR count). The molecule has 0 bridgehead atoms. The third-order valence-electron chi connectivity index (χ3n) is 2.86. The van der Waals surface area contributed by atoms with Crippen LogP contribution in [0.5, 0.6) is 0 Å². The van der Waals surface area contributed by atoms with E-state index < -0.39 is 18.1 Å². The lowest BCUT2D eigenvalue weighted by molar-refractivity contribution is -0.310. The Morgan fingerprint density at radius 3 is 2.63 bits per heavy atom. The third kappa shape index (κ3) is 3.09. The third-order valence-corrected chi connectivity index (χ3v) is 2.86. The average Bonchev–Trinajstić information content (AvgIpc) is 2.79. The molecular weight excluding hydrogens is 250 g/mol. The molecule has 0 unspecified atom stereocenters. The van der Waals surface area contributed by atoms with E-state index in [1.807, 2.05) is 6.07 Å². The van der Waals surface area contributed by atoms with E-state index in [1.165, 1.54) is 0 Å². The number of carboxylic acids is 1. The summed E-state index contributed by atoms with van der Waals surface area (Å²) in [6, 6.07) is 7.75. The highest BCUT2D eigenvalue weighted by molar-refractivity contribution is 5.94. The maximum atomic E-state index is 11.7. The van der Waals surface area contributed by atoms with Gasteiger partial charge in [0.05, 0.1) is 18.6 Å². The molecule has 100 valence electrons. The van der Waals surface area contributed by atoms with Gasteiger partial charge in [-0.15, -0.1) is 0 Å². The van der Waals surface area contributed by atoms with Gasteiger partial charge in [0.15, 0.2) is 5.78 Å². The van der Waals surface area contributed by atoms with Crippen molar-refractivity contribution in [3.63, 3.8) is 0 Å². The number of carbonyl (C=O) groups is 3. The number of aliphatic carboxylic acids is 1. The van der Waals surface area contributed by atoms with Gasteiger partial charge in [-0.25, -0.2) is 4.79 Å². The molecule has 1 aromatic rings. The summed E-state index contributed by atoms with van der Waals surface area (Å²) >= 11 is 0. The lowest BCUT2D eigenvalue weighted by Gasteiger charge is -2.23. The Labute approximate surface area is 109 Å². The molecule has 1 saturated heterocycles. The van der Waals surface area contributed by atoms with Gasteiger partial charge in [0.25, 0.3) is 0 Å². The number of carbonyl (C=O) groups excluding carboxylic acids is 3. The van der Waals surface area contributed by atoms with Crippen LogP contribution in [0.4, 0.5) is 4.79 Å². The van der Waals surface area contributed by atoms with Crippen LogP contribution in [-0.2, 0) is 20.9 Å². The van der Waals surface area contributed by atoms with Gasteiger partial charge >= 0.3 is 6.09 Å². The molecule has 0 saturated carbocycles. The maximum Gasteiger partial charge on any atom is 0.411 e. The van der Waals surface area contributed by atoms with Crippen LogP contribution in [0.25, 0.3) is 0 Å². The van der Waals surface area contributed by atoms with Gasteiger partial charge < -0.3 is 14.6 Å². The molecule has 1 aromatic carbocycles. The van der Waals surface area contributed by atoms with Gasteiger partial charge in [-0.1, -0.05) is 30.3 Å². The molecule has 19 heavy (non-hydrogen) atoms. The fraction of sp³-hybridized carbons (Fsp3) is 0.308. The highest BCUT2D eigenvalue weighted by atomic mass is 16.6. The van der Waals surface area contributed by atoms with Gasteiger partial charge in [0.2, 0.25) is 0 Å². The van der Waals surface area contributed by atoms with Gasteiger partial charge in [-0.3, -0.25) is 9.69 Å². The summed E-state index contributed by atoms with van der Waals surface area (Å²) < 4.78 is 4.98. The Morgan fingerprint density at radius 2 is 2.00 bits per heavy atom. The van der Waals surface area contributed by atoms with Crippen LogP contribution in [-0.4, -0.2) is 35.3 Å². The Balaban J connectivity index is 1.96. The van der Waals surface area contributed by atoms with Crippen LogP contribution in [0, 0.1) is 0 Å². The van der Waals surface area contributed by atoms with E-state index in [1.54, 1.807) is 24.3 Å². The Hall–Kier alpha value is -2.37. The zero-order valence-electron chi connectivity index (χ0n) is 10.1. The van der Waals surface area contributed by atoms with Crippen LogP contribution in [0.2, 0.25) is 0 Å². The van der Waals surface area contributed by atoms with Crippen molar-refractivity contribution in [2.75, 3.05) is 6.54 Å². The molecule has 6 nitrogen and oxygen atoms in total. The first-order valence-electron chi connectivity index (χ1n) is 5.78. The van der Waals surface area contributed by atoms with Crippen molar-refractivity contribution in [2.45, 2.75) is 19.1 Å². The van der Waals surface area contributed by atoms with E-state index >= 15 is 0 Å². The number of amides is 1. The lowest BCUT2D eigenvalue weighted by atomic mass is 10.2. The Kier molecular flexibility index (Phi) is 3.79. The van der Waals surface area contributed by atoms with Crippen molar-refractivity contribution >= 4 is 17.8 Å². The number of Topliss-reactive ketones (excluding diaryl/α,β-unsaturated/α-hetero) is 1. The van der Waals surface area contributed by atoms with Crippen molar-refractivity contribution < 1.29 is 24.2 Å². The topological polar surface area (TPSA) is 86.7 Å². The molecule has 1 heterocycles. The fourth-order valence-corrected chi connectivity index (χ4v) is 1.90. The SMILES string of the molecule is O=C1C[C@H](C(=O)[O-])N(C(=O)OCc2ccccc2)C1. The molecule has 6 heteroatoms. The minimum atomic E-state index is -1.44. The number of ether oxygens (including phenoxy) is 1. The second-order valence-electron chi connectivity index (χ2n) is 4.25. The first kappa shape index (κ1) is 13.1. The number of ketones is 1. The largest absolute Gasteiger partial charge is 0.548 e. The number of likely N-dealkylation sites (tertiary alicyclic amines) is 1. The van der Waals surface area contributed by atoms with Gasteiger partial charge in [-0.05, 0) is 5.56 Å². The number of hydrogen-bond donors (Lipinski definition) is 0. The molecule has 1 aliphatic rings. The molecular formula is C13H12NO5-.